The number of alkyl halides is 6. The van der Waals surface area contributed by atoms with E-state index in [1.54, 1.807) is 24.8 Å². The molecule has 2 amide bonds. The number of piperidine rings is 2. The predicted molar refractivity (Wildman–Crippen MR) is 330 cm³/mol. The van der Waals surface area contributed by atoms with Crippen molar-refractivity contribution >= 4 is 58.1 Å². The Bertz CT molecular complexity index is 4000. The minimum atomic E-state index is -4.99. The average Bonchev–Trinajstić information content (AvgIpc) is 1.38. The third-order valence-electron chi connectivity index (χ3n) is 17.0. The summed E-state index contributed by atoms with van der Waals surface area (Å²) in [6, 6.07) is 10.5. The van der Waals surface area contributed by atoms with Crippen molar-refractivity contribution in [3.63, 3.8) is 0 Å². The highest BCUT2D eigenvalue weighted by molar-refractivity contribution is 5.95. The molecule has 0 spiro atoms. The number of hydrogen-bond acceptors (Lipinski definition) is 20. The number of fused-ring (bicyclic) bond motifs is 2. The molecule has 8 aromatic heterocycles. The molecule has 4 N–H and O–H groups in total. The number of aliphatic carboxylic acids is 2. The fourth-order valence-corrected chi connectivity index (χ4v) is 12.0. The first kappa shape index (κ1) is 76.3. The molecule has 36 heteroatoms. The number of H-pyrrole nitrogens is 2. The molecule has 0 atom stereocenters. The first-order valence-corrected chi connectivity index (χ1v) is 31.1. The van der Waals surface area contributed by atoms with Crippen molar-refractivity contribution in [2.75, 3.05) is 52.4 Å². The topological polar surface area (TPSA) is 382 Å². The average molecular weight is 1400 g/mol. The van der Waals surface area contributed by atoms with E-state index in [2.05, 4.69) is 72.0 Å². The summed E-state index contributed by atoms with van der Waals surface area (Å²) in [7, 11) is 0. The molecule has 4 fully saturated rings. The van der Waals surface area contributed by atoms with Gasteiger partial charge in [-0.2, -0.15) is 66.2 Å². The Hall–Kier alpha value is -11.1. The zero-order valence-corrected chi connectivity index (χ0v) is 53.7. The number of rotatable bonds is 16. The maximum absolute atomic E-state index is 14.5. The van der Waals surface area contributed by atoms with Gasteiger partial charge in [-0.25, -0.2) is 38.7 Å². The number of carbonyl (C=O) groups is 4. The number of halogens is 8. The normalized spacial score (nSPS) is 15.8. The molecule has 4 saturated heterocycles. The van der Waals surface area contributed by atoms with Crippen molar-refractivity contribution < 1.29 is 83.7 Å². The molecule has 0 aromatic carbocycles. The van der Waals surface area contributed by atoms with Gasteiger partial charge in [0.25, 0.3) is 11.8 Å². The predicted octanol–water partition coefficient (Wildman–Crippen LogP) is 8.56. The Kier molecular flexibility index (Phi) is 26.3. The number of unbranched alkanes of at least 4 members (excludes halogenated alkanes) is 2. The number of carboxylic acid groups (broad SMARTS) is 2. The molecule has 12 heterocycles. The highest BCUT2D eigenvalue weighted by Crippen LogP contribution is 2.40. The van der Waals surface area contributed by atoms with E-state index in [-0.39, 0.29) is 63.4 Å². The molecule has 4 aliphatic heterocycles. The van der Waals surface area contributed by atoms with Gasteiger partial charge in [-0.15, -0.1) is 0 Å². The molecule has 0 saturated carbocycles. The van der Waals surface area contributed by atoms with Gasteiger partial charge in [0.05, 0.1) is 59.9 Å². The number of aromatic nitrogens is 12. The number of aromatic amines is 2. The fourth-order valence-electron chi connectivity index (χ4n) is 12.0. The lowest BCUT2D eigenvalue weighted by atomic mass is 9.83. The molecule has 0 unspecified atom stereocenters. The molecule has 0 aliphatic carbocycles. The lowest BCUT2D eigenvalue weighted by Crippen LogP contribution is -2.66. The Labute approximate surface area is 563 Å². The van der Waals surface area contributed by atoms with Gasteiger partial charge in [0.1, 0.15) is 35.0 Å². The minimum absolute atomic E-state index is 0.111. The first-order chi connectivity index (χ1) is 47.8. The van der Waals surface area contributed by atoms with Gasteiger partial charge in [0.15, 0.2) is 23.0 Å². The second-order valence-electron chi connectivity index (χ2n) is 23.4. The summed E-state index contributed by atoms with van der Waals surface area (Å²) in [5, 5.41) is 46.1. The van der Waals surface area contributed by atoms with E-state index >= 15 is 0 Å². The van der Waals surface area contributed by atoms with Crippen LogP contribution in [0, 0.1) is 34.3 Å². The first-order valence-electron chi connectivity index (χ1n) is 31.1. The van der Waals surface area contributed by atoms with Crippen LogP contribution in [0.4, 0.5) is 35.1 Å². The van der Waals surface area contributed by atoms with Crippen LogP contribution in [0.3, 0.4) is 0 Å². The quantitative estimate of drug-likeness (QED) is 0.0658. The highest BCUT2D eigenvalue weighted by atomic mass is 19.4. The molecular weight excluding hydrogens is 1330 g/mol. The SMILES string of the molecule is CCCCC(=O)O.CCCCC(=O)O.N#CCC1(n2cc(-c3ncnc4[nH]ccc34)cn2)CN(C2CCN(C(=O)c3ccnc(C(F)(F)F)c3F)CC2)C1.N#CCC1(n2cc(-c3ncnc4[nH]ccc34)cn2)CN(C2CCN(C(=O)c3ccnc(C(F)(F)F)c3F)CC2)C1.O=C=O.O=C=O. The Morgan fingerprint density at radius 2 is 0.920 bits per heavy atom. The second kappa shape index (κ2) is 34.4. The van der Waals surface area contributed by atoms with Crippen molar-refractivity contribution in [3.8, 4) is 34.7 Å². The summed E-state index contributed by atoms with van der Waals surface area (Å²) >= 11 is 0. The molecule has 4 aliphatic rings. The zero-order chi connectivity index (χ0) is 73.0. The van der Waals surface area contributed by atoms with Crippen LogP contribution in [0.2, 0.25) is 0 Å². The van der Waals surface area contributed by atoms with Gasteiger partial charge in [-0.05, 0) is 62.8 Å². The maximum Gasteiger partial charge on any atom is 0.436 e. The third-order valence-corrected chi connectivity index (χ3v) is 17.0. The van der Waals surface area contributed by atoms with Crippen LogP contribution < -0.4 is 0 Å². The van der Waals surface area contributed by atoms with Crippen LogP contribution in [0.5, 0.6) is 0 Å². The number of carbonyl (C=O) groups excluding carboxylic acids is 6. The monoisotopic (exact) mass is 1400 g/mol. The summed E-state index contributed by atoms with van der Waals surface area (Å²) in [5.74, 6) is -6.25. The van der Waals surface area contributed by atoms with Crippen molar-refractivity contribution in [2.45, 2.75) is 126 Å². The number of carboxylic acids is 2. The standard InChI is InChI=1S/2C26H23F4N9O.2C5H10O2.2CO2/c2*27-20-18(1-7-32-22(20)26(28,29)30)24(40)37-9-3-17(4-10-37)38-13-25(14-38,5-6-31)39-12-16(11-36-39)21-19-2-8-33-23(19)35-15-34-21;2*1-2-3-4-5(6)7;2*2-1-3/h2*1-2,7-8,11-12,15,17H,3-5,9-10,13-14H2,(H,33,34,35);2*2-4H2,1H3,(H,6,7);;. The zero-order valence-electron chi connectivity index (χ0n) is 53.7. The molecule has 28 nitrogen and oxygen atoms in total. The van der Waals surface area contributed by atoms with Crippen molar-refractivity contribution in [3.05, 3.63) is 121 Å². The summed E-state index contributed by atoms with van der Waals surface area (Å²) < 4.78 is 111. The Morgan fingerprint density at radius 3 is 1.22 bits per heavy atom. The van der Waals surface area contributed by atoms with Crippen LogP contribution in [0.1, 0.15) is 123 Å². The van der Waals surface area contributed by atoms with E-state index in [1.807, 2.05) is 47.7 Å². The largest absolute Gasteiger partial charge is 0.481 e. The summed E-state index contributed by atoms with van der Waals surface area (Å²) in [4.78, 5) is 114. The Morgan fingerprint density at radius 1 is 0.570 bits per heavy atom. The van der Waals surface area contributed by atoms with Gasteiger partial charge in [-0.1, -0.05) is 26.7 Å². The molecular formula is C64H66F8N18O10. The molecule has 100 heavy (non-hydrogen) atoms. The third kappa shape index (κ3) is 18.4. The number of amides is 2. The lowest BCUT2D eigenvalue weighted by molar-refractivity contribution is -0.193. The second-order valence-corrected chi connectivity index (χ2v) is 23.4. The molecule has 0 radical (unpaired) electrons. The van der Waals surface area contributed by atoms with Gasteiger partial charge in [0.2, 0.25) is 0 Å². The highest BCUT2D eigenvalue weighted by Gasteiger charge is 2.50. The minimum Gasteiger partial charge on any atom is -0.481 e. The summed E-state index contributed by atoms with van der Waals surface area (Å²) in [6.45, 7) is 7.39. The molecule has 0 bridgehead atoms. The number of pyridine rings is 2. The van der Waals surface area contributed by atoms with Crippen LogP contribution in [-0.2, 0) is 52.2 Å². The number of hydrogen-bond donors (Lipinski definition) is 4. The molecule has 528 valence electrons. The van der Waals surface area contributed by atoms with E-state index in [9.17, 15) is 64.8 Å². The van der Waals surface area contributed by atoms with Gasteiger partial charge in [-0.3, -0.25) is 38.3 Å². The van der Waals surface area contributed by atoms with Crippen molar-refractivity contribution in [2.24, 2.45) is 0 Å². The lowest BCUT2D eigenvalue weighted by Gasteiger charge is -2.53. The van der Waals surface area contributed by atoms with E-state index in [1.165, 1.54) is 22.5 Å². The van der Waals surface area contributed by atoms with Crippen molar-refractivity contribution in [1.29, 1.82) is 10.5 Å². The number of nitrogens with zero attached hydrogens (tertiary/aromatic N) is 16. The van der Waals surface area contributed by atoms with E-state index in [0.29, 0.717) is 64.7 Å². The van der Waals surface area contributed by atoms with Crippen LogP contribution >= 0.6 is 0 Å². The van der Waals surface area contributed by atoms with E-state index in [4.69, 9.17) is 29.4 Å². The number of nitrogens with one attached hydrogen (secondary N) is 2. The summed E-state index contributed by atoms with van der Waals surface area (Å²) in [5.41, 5.74) is -1.14. The van der Waals surface area contributed by atoms with Crippen LogP contribution in [0.15, 0.2) is 86.5 Å². The van der Waals surface area contributed by atoms with Gasteiger partial charge < -0.3 is 30.0 Å². The van der Waals surface area contributed by atoms with E-state index in [0.717, 1.165) is 94.8 Å². The number of likely N-dealkylation sites (tertiary alicyclic amines) is 4. The van der Waals surface area contributed by atoms with Crippen molar-refractivity contribution in [1.82, 2.24) is 79.0 Å². The smallest absolute Gasteiger partial charge is 0.436 e. The Balaban J connectivity index is 0.000000221. The van der Waals surface area contributed by atoms with Gasteiger partial charge in [0, 0.05) is 136 Å². The summed E-state index contributed by atoms with van der Waals surface area (Å²) in [6.07, 6.45) is 12.9. The molecule has 12 rings (SSSR count). The maximum atomic E-state index is 14.5. The number of nitriles is 2. The van der Waals surface area contributed by atoms with E-state index < -0.39 is 81.3 Å². The van der Waals surface area contributed by atoms with Crippen LogP contribution in [0.25, 0.3) is 44.6 Å². The van der Waals surface area contributed by atoms with Gasteiger partial charge >= 0.3 is 36.6 Å². The molecule has 8 aromatic rings. The van der Waals surface area contributed by atoms with Crippen LogP contribution in [-0.4, -0.2) is 190 Å². The fraction of sp³-hybridized carbons (Fsp3) is 0.438.